The van der Waals surface area contributed by atoms with Gasteiger partial charge in [0.25, 0.3) is 0 Å². The van der Waals surface area contributed by atoms with Crippen molar-refractivity contribution in [1.29, 1.82) is 0 Å². The van der Waals surface area contributed by atoms with Gasteiger partial charge in [0.05, 0.1) is 44.4 Å². The number of nitro groups is 1. The molecule has 0 aliphatic rings. The summed E-state index contributed by atoms with van der Waals surface area (Å²) in [5.41, 5.74) is 1.22. The van der Waals surface area contributed by atoms with Crippen LogP contribution in [0.1, 0.15) is 5.56 Å². The van der Waals surface area contributed by atoms with Crippen molar-refractivity contribution >= 4 is 38.8 Å². The van der Waals surface area contributed by atoms with Crippen LogP contribution in [0.25, 0.3) is 10.2 Å². The van der Waals surface area contributed by atoms with Crippen molar-refractivity contribution in [3.8, 4) is 11.5 Å². The molecular formula is C15H9ClF2N2O4S. The fourth-order valence-corrected chi connectivity index (χ4v) is 3.27. The zero-order valence-electron chi connectivity index (χ0n) is 12.6. The summed E-state index contributed by atoms with van der Waals surface area (Å²) >= 11 is 7.21. The molecule has 0 amide bonds. The minimum atomic E-state index is -1.06. The highest BCUT2D eigenvalue weighted by Crippen LogP contribution is 2.36. The SMILES string of the molecule is COc1cc(F)c([N+](=O)[O-])cc1OCc1c(F)cc(Cl)c2scnc12. The number of halogens is 3. The van der Waals surface area contributed by atoms with Gasteiger partial charge >= 0.3 is 5.69 Å². The number of nitro benzene ring substituents is 1. The summed E-state index contributed by atoms with van der Waals surface area (Å²) in [6.07, 6.45) is 0. The maximum Gasteiger partial charge on any atom is 0.308 e. The van der Waals surface area contributed by atoms with Gasteiger partial charge in [0, 0.05) is 6.07 Å². The number of rotatable bonds is 5. The lowest BCUT2D eigenvalue weighted by molar-refractivity contribution is -0.387. The van der Waals surface area contributed by atoms with Gasteiger partial charge in [-0.2, -0.15) is 4.39 Å². The molecule has 0 saturated heterocycles. The molecule has 0 N–H and O–H groups in total. The molecule has 0 radical (unpaired) electrons. The van der Waals surface area contributed by atoms with E-state index in [1.165, 1.54) is 24.0 Å². The Hall–Kier alpha value is -2.52. The number of benzene rings is 2. The van der Waals surface area contributed by atoms with E-state index in [0.29, 0.717) is 10.2 Å². The molecule has 0 bridgehead atoms. The van der Waals surface area contributed by atoms with Crippen LogP contribution in [0.3, 0.4) is 0 Å². The first-order valence-corrected chi connectivity index (χ1v) is 8.03. The van der Waals surface area contributed by atoms with Crippen LogP contribution in [0.4, 0.5) is 14.5 Å². The zero-order chi connectivity index (χ0) is 18.1. The summed E-state index contributed by atoms with van der Waals surface area (Å²) in [6.45, 7) is -0.289. The predicted octanol–water partition coefficient (Wildman–Crippen LogP) is 4.72. The first kappa shape index (κ1) is 17.3. The second-order valence-electron chi connectivity index (χ2n) is 4.85. The predicted molar refractivity (Wildman–Crippen MR) is 88.5 cm³/mol. The lowest BCUT2D eigenvalue weighted by atomic mass is 10.2. The minimum absolute atomic E-state index is 0.0491. The fraction of sp³-hybridized carbons (Fsp3) is 0.133. The molecule has 0 aliphatic carbocycles. The molecule has 0 fully saturated rings. The van der Waals surface area contributed by atoms with Gasteiger partial charge in [-0.15, -0.1) is 11.3 Å². The molecule has 6 nitrogen and oxygen atoms in total. The Kier molecular flexibility index (Phi) is 4.69. The van der Waals surface area contributed by atoms with Crippen LogP contribution >= 0.6 is 22.9 Å². The Balaban J connectivity index is 1.98. The Bertz CT molecular complexity index is 980. The summed E-state index contributed by atoms with van der Waals surface area (Å²) in [5.74, 6) is -1.83. The smallest absolute Gasteiger partial charge is 0.308 e. The second kappa shape index (κ2) is 6.77. The molecular weight excluding hydrogens is 378 g/mol. The van der Waals surface area contributed by atoms with Gasteiger partial charge in [-0.25, -0.2) is 9.37 Å². The standard InChI is InChI=1S/C15H9ClF2N2O4S/c1-23-12-3-10(18)11(20(21)22)4-13(12)24-5-7-9(17)2-8(16)15-14(7)19-6-25-15/h2-4,6H,5H2,1H3. The number of fused-ring (bicyclic) bond motifs is 1. The van der Waals surface area contributed by atoms with Gasteiger partial charge in [0.1, 0.15) is 12.4 Å². The molecule has 25 heavy (non-hydrogen) atoms. The van der Waals surface area contributed by atoms with Gasteiger partial charge in [-0.1, -0.05) is 11.6 Å². The van der Waals surface area contributed by atoms with Gasteiger partial charge < -0.3 is 9.47 Å². The zero-order valence-corrected chi connectivity index (χ0v) is 14.2. The quantitative estimate of drug-likeness (QED) is 0.468. The van der Waals surface area contributed by atoms with Crippen molar-refractivity contribution < 1.29 is 23.2 Å². The highest BCUT2D eigenvalue weighted by Gasteiger charge is 2.21. The van der Waals surface area contributed by atoms with E-state index in [4.69, 9.17) is 21.1 Å². The van der Waals surface area contributed by atoms with Crippen LogP contribution in [0.2, 0.25) is 5.02 Å². The van der Waals surface area contributed by atoms with Crippen molar-refractivity contribution in [2.45, 2.75) is 6.61 Å². The van der Waals surface area contributed by atoms with Gasteiger partial charge in [0.15, 0.2) is 11.5 Å². The van der Waals surface area contributed by atoms with Crippen molar-refractivity contribution in [2.24, 2.45) is 0 Å². The molecule has 0 saturated carbocycles. The first-order chi connectivity index (χ1) is 11.9. The number of nitrogens with zero attached hydrogens (tertiary/aromatic N) is 2. The summed E-state index contributed by atoms with van der Waals surface area (Å²) in [4.78, 5) is 14.0. The summed E-state index contributed by atoms with van der Waals surface area (Å²) in [7, 11) is 1.26. The third kappa shape index (κ3) is 3.20. The van der Waals surface area contributed by atoms with Gasteiger partial charge in [0.2, 0.25) is 5.82 Å². The Morgan fingerprint density at radius 1 is 1.28 bits per heavy atom. The molecule has 2 aromatic carbocycles. The number of aromatic nitrogens is 1. The average Bonchev–Trinajstić information content (AvgIpc) is 3.05. The number of hydrogen-bond donors (Lipinski definition) is 0. The molecule has 0 atom stereocenters. The Morgan fingerprint density at radius 2 is 2.04 bits per heavy atom. The maximum atomic E-state index is 14.2. The van der Waals surface area contributed by atoms with E-state index in [1.807, 2.05) is 0 Å². The molecule has 1 aromatic heterocycles. The summed E-state index contributed by atoms with van der Waals surface area (Å²) in [6, 6.07) is 2.87. The average molecular weight is 387 g/mol. The molecule has 10 heteroatoms. The van der Waals surface area contributed by atoms with E-state index in [9.17, 15) is 18.9 Å². The second-order valence-corrected chi connectivity index (χ2v) is 6.11. The summed E-state index contributed by atoms with van der Waals surface area (Å²) in [5, 5.41) is 11.1. The van der Waals surface area contributed by atoms with E-state index in [2.05, 4.69) is 4.98 Å². The lowest BCUT2D eigenvalue weighted by Crippen LogP contribution is -2.03. The fourth-order valence-electron chi connectivity index (χ4n) is 2.23. The number of ether oxygens (including phenoxy) is 2. The first-order valence-electron chi connectivity index (χ1n) is 6.77. The van der Waals surface area contributed by atoms with Crippen LogP contribution in [0, 0.1) is 21.7 Å². The van der Waals surface area contributed by atoms with Gasteiger partial charge in [-0.05, 0) is 6.07 Å². The van der Waals surface area contributed by atoms with E-state index in [-0.39, 0.29) is 28.7 Å². The molecule has 3 aromatic rings. The van der Waals surface area contributed by atoms with Crippen LogP contribution in [-0.4, -0.2) is 17.0 Å². The van der Waals surface area contributed by atoms with Crippen molar-refractivity contribution in [1.82, 2.24) is 4.98 Å². The lowest BCUT2D eigenvalue weighted by Gasteiger charge is -2.12. The van der Waals surface area contributed by atoms with E-state index < -0.39 is 22.2 Å². The van der Waals surface area contributed by atoms with Crippen LogP contribution in [0.5, 0.6) is 11.5 Å². The normalized spacial score (nSPS) is 10.9. The van der Waals surface area contributed by atoms with Crippen molar-refractivity contribution in [2.75, 3.05) is 7.11 Å². The monoisotopic (exact) mass is 386 g/mol. The largest absolute Gasteiger partial charge is 0.493 e. The van der Waals surface area contributed by atoms with E-state index >= 15 is 0 Å². The van der Waals surface area contributed by atoms with Crippen LogP contribution < -0.4 is 9.47 Å². The highest BCUT2D eigenvalue weighted by molar-refractivity contribution is 7.17. The molecule has 130 valence electrons. The minimum Gasteiger partial charge on any atom is -0.493 e. The number of methoxy groups -OCH3 is 1. The van der Waals surface area contributed by atoms with Crippen LogP contribution in [0.15, 0.2) is 23.7 Å². The molecule has 0 unspecified atom stereocenters. The highest BCUT2D eigenvalue weighted by atomic mass is 35.5. The maximum absolute atomic E-state index is 14.2. The molecule has 0 spiro atoms. The summed E-state index contributed by atoms with van der Waals surface area (Å²) < 4.78 is 38.9. The third-order valence-corrected chi connectivity index (χ3v) is 4.68. The van der Waals surface area contributed by atoms with Crippen LogP contribution in [-0.2, 0) is 6.61 Å². The third-order valence-electron chi connectivity index (χ3n) is 3.41. The number of hydrogen-bond acceptors (Lipinski definition) is 6. The molecule has 0 aliphatic heterocycles. The van der Waals surface area contributed by atoms with E-state index in [1.54, 1.807) is 0 Å². The Morgan fingerprint density at radius 3 is 2.72 bits per heavy atom. The van der Waals surface area contributed by atoms with Gasteiger partial charge in [-0.3, -0.25) is 10.1 Å². The topological polar surface area (TPSA) is 74.5 Å². The van der Waals surface area contributed by atoms with Crippen molar-refractivity contribution in [3.05, 3.63) is 56.0 Å². The molecule has 1 heterocycles. The number of thiazole rings is 1. The Labute approximate surface area is 148 Å². The van der Waals surface area contributed by atoms with Crippen molar-refractivity contribution in [3.63, 3.8) is 0 Å². The molecule has 3 rings (SSSR count). The van der Waals surface area contributed by atoms with E-state index in [0.717, 1.165) is 18.2 Å².